The summed E-state index contributed by atoms with van der Waals surface area (Å²) in [7, 11) is 0. The highest BCUT2D eigenvalue weighted by atomic mass is 19.4. The lowest BCUT2D eigenvalue weighted by Gasteiger charge is -2.43. The van der Waals surface area contributed by atoms with Crippen molar-refractivity contribution in [2.24, 2.45) is 11.1 Å². The molecule has 19 heavy (non-hydrogen) atoms. The molecule has 1 unspecified atom stereocenters. The lowest BCUT2D eigenvalue weighted by atomic mass is 9.66. The minimum Gasteiger partial charge on any atom is -0.321 e. The normalized spacial score (nSPS) is 27.3. The van der Waals surface area contributed by atoms with Gasteiger partial charge in [0.15, 0.2) is 0 Å². The zero-order valence-corrected chi connectivity index (χ0v) is 11.3. The molecule has 0 aromatic heterocycles. The van der Waals surface area contributed by atoms with E-state index in [0.29, 0.717) is 0 Å². The van der Waals surface area contributed by atoms with Crippen LogP contribution in [0.3, 0.4) is 0 Å². The Hall–Kier alpha value is -1.03. The number of alkyl halides is 3. The van der Waals surface area contributed by atoms with Crippen molar-refractivity contribution in [2.45, 2.75) is 51.2 Å². The average molecular weight is 271 g/mol. The molecule has 0 spiro atoms. The Kier molecular flexibility index (Phi) is 3.42. The van der Waals surface area contributed by atoms with Gasteiger partial charge in [-0.25, -0.2) is 0 Å². The SMILES string of the molecule is CC1(C)CCCC(N)(c2ccc(C(F)(F)F)cc2)C1. The fraction of sp³-hybridized carbons (Fsp3) is 0.600. The van der Waals surface area contributed by atoms with Crippen LogP contribution in [-0.4, -0.2) is 0 Å². The van der Waals surface area contributed by atoms with E-state index in [4.69, 9.17) is 5.73 Å². The second-order valence-electron chi connectivity index (χ2n) is 6.43. The number of benzene rings is 1. The third kappa shape index (κ3) is 3.11. The van der Waals surface area contributed by atoms with Gasteiger partial charge in [0.2, 0.25) is 0 Å². The number of hydrogen-bond donors (Lipinski definition) is 1. The van der Waals surface area contributed by atoms with E-state index in [0.717, 1.165) is 43.4 Å². The highest BCUT2D eigenvalue weighted by Gasteiger charge is 2.38. The fourth-order valence-corrected chi connectivity index (χ4v) is 3.15. The first-order chi connectivity index (χ1) is 8.62. The van der Waals surface area contributed by atoms with E-state index >= 15 is 0 Å². The Morgan fingerprint density at radius 1 is 1.05 bits per heavy atom. The van der Waals surface area contributed by atoms with Crippen molar-refractivity contribution in [3.8, 4) is 0 Å². The first kappa shape index (κ1) is 14.4. The molecule has 2 rings (SSSR count). The van der Waals surface area contributed by atoms with E-state index in [-0.39, 0.29) is 5.41 Å². The van der Waals surface area contributed by atoms with Crippen molar-refractivity contribution in [3.05, 3.63) is 35.4 Å². The molecule has 0 saturated heterocycles. The van der Waals surface area contributed by atoms with Crippen LogP contribution in [0.15, 0.2) is 24.3 Å². The molecule has 1 nitrogen and oxygen atoms in total. The maximum atomic E-state index is 12.5. The Balaban J connectivity index is 2.26. The summed E-state index contributed by atoms with van der Waals surface area (Å²) in [6, 6.07) is 5.32. The van der Waals surface area contributed by atoms with Crippen molar-refractivity contribution in [1.29, 1.82) is 0 Å². The Labute approximate surface area is 112 Å². The topological polar surface area (TPSA) is 26.0 Å². The van der Waals surface area contributed by atoms with Crippen molar-refractivity contribution in [1.82, 2.24) is 0 Å². The Morgan fingerprint density at radius 3 is 2.11 bits per heavy atom. The van der Waals surface area contributed by atoms with Crippen LogP contribution < -0.4 is 5.73 Å². The summed E-state index contributed by atoms with van der Waals surface area (Å²) in [6.45, 7) is 4.33. The molecular weight excluding hydrogens is 251 g/mol. The van der Waals surface area contributed by atoms with Gasteiger partial charge < -0.3 is 5.73 Å². The van der Waals surface area contributed by atoms with Gasteiger partial charge in [-0.3, -0.25) is 0 Å². The van der Waals surface area contributed by atoms with E-state index in [1.54, 1.807) is 0 Å². The van der Waals surface area contributed by atoms with Crippen LogP contribution in [0.25, 0.3) is 0 Å². The average Bonchev–Trinajstić information content (AvgIpc) is 2.26. The van der Waals surface area contributed by atoms with Gasteiger partial charge in [0.05, 0.1) is 5.56 Å². The number of nitrogens with two attached hydrogens (primary N) is 1. The van der Waals surface area contributed by atoms with Gasteiger partial charge in [-0.15, -0.1) is 0 Å². The summed E-state index contributed by atoms with van der Waals surface area (Å²) in [5.74, 6) is 0. The van der Waals surface area contributed by atoms with Gasteiger partial charge in [-0.05, 0) is 42.4 Å². The Morgan fingerprint density at radius 2 is 1.63 bits per heavy atom. The molecule has 1 fully saturated rings. The molecule has 1 aromatic carbocycles. The van der Waals surface area contributed by atoms with Crippen LogP contribution in [0.2, 0.25) is 0 Å². The van der Waals surface area contributed by atoms with Crippen LogP contribution in [0.5, 0.6) is 0 Å². The molecule has 0 aliphatic heterocycles. The summed E-state index contributed by atoms with van der Waals surface area (Å²) in [5.41, 5.74) is 6.29. The molecule has 1 aliphatic rings. The molecule has 0 amide bonds. The summed E-state index contributed by atoms with van der Waals surface area (Å²) in [5, 5.41) is 0. The quantitative estimate of drug-likeness (QED) is 0.801. The van der Waals surface area contributed by atoms with Crippen LogP contribution in [-0.2, 0) is 11.7 Å². The lowest BCUT2D eigenvalue weighted by molar-refractivity contribution is -0.137. The summed E-state index contributed by atoms with van der Waals surface area (Å²) < 4.78 is 37.6. The third-order valence-corrected chi connectivity index (χ3v) is 4.06. The molecule has 1 saturated carbocycles. The zero-order chi connectivity index (χ0) is 14.3. The first-order valence-electron chi connectivity index (χ1n) is 6.59. The van der Waals surface area contributed by atoms with E-state index in [2.05, 4.69) is 13.8 Å². The largest absolute Gasteiger partial charge is 0.416 e. The molecule has 0 bridgehead atoms. The van der Waals surface area contributed by atoms with Crippen molar-refractivity contribution < 1.29 is 13.2 Å². The maximum absolute atomic E-state index is 12.5. The van der Waals surface area contributed by atoms with E-state index in [1.165, 1.54) is 12.1 Å². The molecule has 0 heterocycles. The molecular formula is C15H20F3N. The predicted octanol–water partition coefficient (Wildman–Crippen LogP) is 4.46. The van der Waals surface area contributed by atoms with Crippen LogP contribution in [0.1, 0.15) is 50.7 Å². The molecule has 2 N–H and O–H groups in total. The maximum Gasteiger partial charge on any atom is 0.416 e. The molecule has 0 radical (unpaired) electrons. The summed E-state index contributed by atoms with van der Waals surface area (Å²) in [4.78, 5) is 0. The lowest BCUT2D eigenvalue weighted by Crippen LogP contribution is -2.44. The zero-order valence-electron chi connectivity index (χ0n) is 11.3. The molecule has 1 aliphatic carbocycles. The van der Waals surface area contributed by atoms with Crippen LogP contribution >= 0.6 is 0 Å². The molecule has 1 aromatic rings. The summed E-state index contributed by atoms with van der Waals surface area (Å²) >= 11 is 0. The minimum absolute atomic E-state index is 0.149. The predicted molar refractivity (Wildman–Crippen MR) is 69.6 cm³/mol. The first-order valence-corrected chi connectivity index (χ1v) is 6.59. The standard InChI is InChI=1S/C15H20F3N/c1-13(2)8-3-9-14(19,10-13)11-4-6-12(7-5-11)15(16,17)18/h4-7H,3,8-10,19H2,1-2H3. The van der Waals surface area contributed by atoms with Crippen LogP contribution in [0, 0.1) is 5.41 Å². The highest BCUT2D eigenvalue weighted by Crippen LogP contribution is 2.45. The number of hydrogen-bond acceptors (Lipinski definition) is 1. The van der Waals surface area contributed by atoms with Crippen LogP contribution in [0.4, 0.5) is 13.2 Å². The van der Waals surface area contributed by atoms with Crippen molar-refractivity contribution >= 4 is 0 Å². The van der Waals surface area contributed by atoms with Gasteiger partial charge in [0, 0.05) is 5.54 Å². The fourth-order valence-electron chi connectivity index (χ4n) is 3.15. The number of halogens is 3. The van der Waals surface area contributed by atoms with Gasteiger partial charge in [-0.1, -0.05) is 32.4 Å². The van der Waals surface area contributed by atoms with E-state index in [1.807, 2.05) is 0 Å². The number of rotatable bonds is 1. The smallest absolute Gasteiger partial charge is 0.321 e. The van der Waals surface area contributed by atoms with E-state index < -0.39 is 17.3 Å². The third-order valence-electron chi connectivity index (χ3n) is 4.06. The Bertz CT molecular complexity index is 447. The second-order valence-corrected chi connectivity index (χ2v) is 6.43. The molecule has 4 heteroatoms. The highest BCUT2D eigenvalue weighted by molar-refractivity contribution is 5.30. The minimum atomic E-state index is -4.29. The van der Waals surface area contributed by atoms with E-state index in [9.17, 15) is 13.2 Å². The van der Waals surface area contributed by atoms with Gasteiger partial charge >= 0.3 is 6.18 Å². The van der Waals surface area contributed by atoms with Gasteiger partial charge in [0.25, 0.3) is 0 Å². The monoisotopic (exact) mass is 271 g/mol. The second kappa shape index (κ2) is 4.51. The molecule has 106 valence electrons. The van der Waals surface area contributed by atoms with Gasteiger partial charge in [-0.2, -0.15) is 13.2 Å². The van der Waals surface area contributed by atoms with Crippen molar-refractivity contribution in [2.75, 3.05) is 0 Å². The molecule has 1 atom stereocenters. The summed E-state index contributed by atoms with van der Waals surface area (Å²) in [6.07, 6.45) is -0.504. The van der Waals surface area contributed by atoms with Gasteiger partial charge in [0.1, 0.15) is 0 Å². The van der Waals surface area contributed by atoms with Crippen molar-refractivity contribution in [3.63, 3.8) is 0 Å².